The van der Waals surface area contributed by atoms with E-state index in [-0.39, 0.29) is 12.5 Å². The molecule has 1 aliphatic rings. The Bertz CT molecular complexity index is 476. The Morgan fingerprint density at radius 3 is 3.05 bits per heavy atom. The average Bonchev–Trinajstić information content (AvgIpc) is 2.52. The number of aliphatic hydroxyl groups is 1. The molecular formula is C18H28N2O2. The maximum absolute atomic E-state index is 11.9. The van der Waals surface area contributed by atoms with Crippen LogP contribution in [0, 0.1) is 6.92 Å². The van der Waals surface area contributed by atoms with Crippen LogP contribution in [0.15, 0.2) is 24.3 Å². The van der Waals surface area contributed by atoms with Gasteiger partial charge in [0.1, 0.15) is 0 Å². The smallest absolute Gasteiger partial charge is 0.224 e. The second-order valence-electron chi connectivity index (χ2n) is 6.24. The maximum Gasteiger partial charge on any atom is 0.224 e. The number of piperidine rings is 1. The molecule has 0 aliphatic carbocycles. The zero-order valence-electron chi connectivity index (χ0n) is 13.6. The fourth-order valence-corrected chi connectivity index (χ4v) is 3.14. The van der Waals surface area contributed by atoms with Crippen LogP contribution in [0.4, 0.5) is 0 Å². The molecule has 0 aromatic heterocycles. The molecule has 1 saturated heterocycles. The van der Waals surface area contributed by atoms with Gasteiger partial charge in [-0.15, -0.1) is 0 Å². The molecule has 0 saturated carbocycles. The number of hydrogen-bond donors (Lipinski definition) is 2. The van der Waals surface area contributed by atoms with Gasteiger partial charge in [-0.2, -0.15) is 0 Å². The Morgan fingerprint density at radius 2 is 2.27 bits per heavy atom. The van der Waals surface area contributed by atoms with Crippen molar-refractivity contribution < 1.29 is 9.90 Å². The zero-order valence-corrected chi connectivity index (χ0v) is 13.6. The molecule has 1 aromatic carbocycles. The van der Waals surface area contributed by atoms with Crippen LogP contribution >= 0.6 is 0 Å². The van der Waals surface area contributed by atoms with E-state index in [4.69, 9.17) is 0 Å². The van der Waals surface area contributed by atoms with Gasteiger partial charge in [0.05, 0.1) is 13.0 Å². The number of likely N-dealkylation sites (tertiary alicyclic amines) is 1. The van der Waals surface area contributed by atoms with E-state index >= 15 is 0 Å². The Labute approximate surface area is 133 Å². The van der Waals surface area contributed by atoms with E-state index in [0.717, 1.165) is 31.5 Å². The standard InChI is InChI=1S/C18H28N2O2/c1-15-6-4-7-16(12-15)13-18(22)19-9-5-11-20-10-3-2-8-17(20)14-21/h4,6-7,12,17,21H,2-3,5,8-11,13-14H2,1H3,(H,19,22)/t17-/m0/s1. The minimum atomic E-state index is 0.0861. The molecule has 1 heterocycles. The largest absolute Gasteiger partial charge is 0.395 e. The van der Waals surface area contributed by atoms with Crippen LogP contribution in [-0.2, 0) is 11.2 Å². The molecule has 1 atom stereocenters. The summed E-state index contributed by atoms with van der Waals surface area (Å²) in [4.78, 5) is 14.3. The summed E-state index contributed by atoms with van der Waals surface area (Å²) in [6, 6.07) is 8.39. The topological polar surface area (TPSA) is 52.6 Å². The van der Waals surface area contributed by atoms with E-state index in [2.05, 4.69) is 16.3 Å². The molecule has 0 unspecified atom stereocenters. The van der Waals surface area contributed by atoms with Crippen molar-refractivity contribution in [2.75, 3.05) is 26.2 Å². The van der Waals surface area contributed by atoms with E-state index in [0.29, 0.717) is 19.0 Å². The van der Waals surface area contributed by atoms with Gasteiger partial charge in [0, 0.05) is 19.1 Å². The van der Waals surface area contributed by atoms with Gasteiger partial charge in [0.2, 0.25) is 5.91 Å². The average molecular weight is 304 g/mol. The highest BCUT2D eigenvalue weighted by Gasteiger charge is 2.20. The Kier molecular flexibility index (Phi) is 6.87. The van der Waals surface area contributed by atoms with Crippen LogP contribution in [0.25, 0.3) is 0 Å². The van der Waals surface area contributed by atoms with E-state index in [9.17, 15) is 9.90 Å². The Balaban J connectivity index is 1.64. The van der Waals surface area contributed by atoms with Crippen molar-refractivity contribution in [3.05, 3.63) is 35.4 Å². The lowest BCUT2D eigenvalue weighted by Crippen LogP contribution is -2.43. The number of nitrogens with zero attached hydrogens (tertiary/aromatic N) is 1. The molecule has 122 valence electrons. The Morgan fingerprint density at radius 1 is 1.41 bits per heavy atom. The van der Waals surface area contributed by atoms with Crippen LogP contribution in [0.5, 0.6) is 0 Å². The van der Waals surface area contributed by atoms with Gasteiger partial charge in [-0.05, 0) is 38.3 Å². The predicted octanol–water partition coefficient (Wildman–Crippen LogP) is 1.89. The van der Waals surface area contributed by atoms with E-state index in [1.807, 2.05) is 25.1 Å². The summed E-state index contributed by atoms with van der Waals surface area (Å²) in [7, 11) is 0. The highest BCUT2D eigenvalue weighted by Crippen LogP contribution is 2.16. The first-order chi connectivity index (χ1) is 10.7. The van der Waals surface area contributed by atoms with E-state index < -0.39 is 0 Å². The van der Waals surface area contributed by atoms with Gasteiger partial charge in [0.15, 0.2) is 0 Å². The third-order valence-electron chi connectivity index (χ3n) is 4.35. The molecular weight excluding hydrogens is 276 g/mol. The predicted molar refractivity (Wildman–Crippen MR) is 88.8 cm³/mol. The first-order valence-corrected chi connectivity index (χ1v) is 8.36. The van der Waals surface area contributed by atoms with Gasteiger partial charge in [0.25, 0.3) is 0 Å². The molecule has 0 bridgehead atoms. The molecule has 1 aromatic rings. The second kappa shape index (κ2) is 8.91. The summed E-state index contributed by atoms with van der Waals surface area (Å²) in [6.45, 7) is 5.02. The lowest BCUT2D eigenvalue weighted by molar-refractivity contribution is -0.120. The molecule has 0 spiro atoms. The lowest BCUT2D eigenvalue weighted by Gasteiger charge is -2.34. The second-order valence-corrected chi connectivity index (χ2v) is 6.24. The lowest BCUT2D eigenvalue weighted by atomic mass is 10.0. The number of nitrogens with one attached hydrogen (secondary N) is 1. The number of aryl methyl sites for hydroxylation is 1. The zero-order chi connectivity index (χ0) is 15.8. The molecule has 22 heavy (non-hydrogen) atoms. The van der Waals surface area contributed by atoms with Crippen LogP contribution in [0.1, 0.15) is 36.8 Å². The quantitative estimate of drug-likeness (QED) is 0.756. The molecule has 0 radical (unpaired) electrons. The van der Waals surface area contributed by atoms with E-state index in [1.54, 1.807) is 0 Å². The SMILES string of the molecule is Cc1cccc(CC(=O)NCCCN2CCCC[C@H]2CO)c1. The van der Waals surface area contributed by atoms with Crippen LogP contribution in [-0.4, -0.2) is 48.2 Å². The van der Waals surface area contributed by atoms with Crippen molar-refractivity contribution in [3.8, 4) is 0 Å². The molecule has 2 N–H and O–H groups in total. The van der Waals surface area contributed by atoms with Crippen molar-refractivity contribution in [1.29, 1.82) is 0 Å². The van der Waals surface area contributed by atoms with Crippen molar-refractivity contribution in [2.24, 2.45) is 0 Å². The molecule has 4 nitrogen and oxygen atoms in total. The summed E-state index contributed by atoms with van der Waals surface area (Å²) in [6.07, 6.45) is 4.92. The number of hydrogen-bond acceptors (Lipinski definition) is 3. The highest BCUT2D eigenvalue weighted by molar-refractivity contribution is 5.78. The van der Waals surface area contributed by atoms with Gasteiger partial charge in [-0.3, -0.25) is 9.69 Å². The van der Waals surface area contributed by atoms with Crippen LogP contribution < -0.4 is 5.32 Å². The third-order valence-corrected chi connectivity index (χ3v) is 4.35. The molecule has 4 heteroatoms. The number of aliphatic hydroxyl groups excluding tert-OH is 1. The monoisotopic (exact) mass is 304 g/mol. The van der Waals surface area contributed by atoms with Crippen molar-refractivity contribution in [3.63, 3.8) is 0 Å². The van der Waals surface area contributed by atoms with Gasteiger partial charge in [-0.1, -0.05) is 36.2 Å². The van der Waals surface area contributed by atoms with Gasteiger partial charge in [-0.25, -0.2) is 0 Å². The fraction of sp³-hybridized carbons (Fsp3) is 0.611. The summed E-state index contributed by atoms with van der Waals surface area (Å²) in [5, 5.41) is 12.4. The van der Waals surface area contributed by atoms with Gasteiger partial charge < -0.3 is 10.4 Å². The summed E-state index contributed by atoms with van der Waals surface area (Å²) in [5.41, 5.74) is 2.25. The fourth-order valence-electron chi connectivity index (χ4n) is 3.14. The van der Waals surface area contributed by atoms with Crippen molar-refractivity contribution >= 4 is 5.91 Å². The molecule has 2 rings (SSSR count). The van der Waals surface area contributed by atoms with E-state index in [1.165, 1.54) is 18.4 Å². The van der Waals surface area contributed by atoms with Crippen LogP contribution in [0.3, 0.4) is 0 Å². The van der Waals surface area contributed by atoms with Crippen molar-refractivity contribution in [1.82, 2.24) is 10.2 Å². The van der Waals surface area contributed by atoms with Gasteiger partial charge >= 0.3 is 0 Å². The number of carbonyl (C=O) groups is 1. The molecule has 1 fully saturated rings. The number of benzene rings is 1. The van der Waals surface area contributed by atoms with Crippen LogP contribution in [0.2, 0.25) is 0 Å². The minimum Gasteiger partial charge on any atom is -0.395 e. The molecule has 1 amide bonds. The summed E-state index contributed by atoms with van der Waals surface area (Å²) >= 11 is 0. The Hall–Kier alpha value is -1.39. The highest BCUT2D eigenvalue weighted by atomic mass is 16.3. The number of carbonyl (C=O) groups excluding carboxylic acids is 1. The summed E-state index contributed by atoms with van der Waals surface area (Å²) in [5.74, 6) is 0.0861. The normalized spacial score (nSPS) is 19.1. The number of rotatable bonds is 7. The maximum atomic E-state index is 11.9. The first-order valence-electron chi connectivity index (χ1n) is 8.36. The first kappa shape index (κ1) is 17.0. The minimum absolute atomic E-state index is 0.0861. The number of amides is 1. The molecule has 1 aliphatic heterocycles. The third kappa shape index (κ3) is 5.43. The van der Waals surface area contributed by atoms with Crippen molar-refractivity contribution in [2.45, 2.75) is 45.1 Å². The summed E-state index contributed by atoms with van der Waals surface area (Å²) < 4.78 is 0.